The number of rotatable bonds is 1. The van der Waals surface area contributed by atoms with Crippen LogP contribution in [0.3, 0.4) is 0 Å². The largest absolute Gasteiger partial charge is 0.325 e. The van der Waals surface area contributed by atoms with Gasteiger partial charge in [0.25, 0.3) is 0 Å². The lowest BCUT2D eigenvalue weighted by atomic mass is 9.66. The first-order valence-corrected chi connectivity index (χ1v) is 7.41. The zero-order chi connectivity index (χ0) is 11.6. The average Bonchev–Trinajstić information content (AvgIpc) is 2.48. The Hall–Kier alpha value is -0.0400. The summed E-state index contributed by atoms with van der Waals surface area (Å²) in [6, 6.07) is 0. The molecule has 0 bridgehead atoms. The van der Waals surface area contributed by atoms with Crippen LogP contribution in [-0.2, 0) is 0 Å². The fourth-order valence-corrected chi connectivity index (χ4v) is 3.86. The average molecular weight is 223 g/mol. The third-order valence-corrected chi connectivity index (χ3v) is 5.45. The zero-order valence-electron chi connectivity index (χ0n) is 11.2. The molecular formula is C15H29N. The van der Waals surface area contributed by atoms with Gasteiger partial charge in [0.1, 0.15) is 0 Å². The Morgan fingerprint density at radius 3 is 2.06 bits per heavy atom. The van der Waals surface area contributed by atoms with Crippen molar-refractivity contribution in [2.45, 2.75) is 77.2 Å². The van der Waals surface area contributed by atoms with Crippen LogP contribution in [0.15, 0.2) is 0 Å². The molecular weight excluding hydrogens is 194 g/mol. The molecule has 2 fully saturated rings. The topological polar surface area (TPSA) is 26.0 Å². The van der Waals surface area contributed by atoms with Crippen molar-refractivity contribution >= 4 is 0 Å². The van der Waals surface area contributed by atoms with Gasteiger partial charge in [0.05, 0.1) is 0 Å². The van der Waals surface area contributed by atoms with Gasteiger partial charge in [-0.1, -0.05) is 46.0 Å². The fraction of sp³-hybridized carbons (Fsp3) is 1.00. The summed E-state index contributed by atoms with van der Waals surface area (Å²) in [5.41, 5.74) is 6.94. The van der Waals surface area contributed by atoms with Gasteiger partial charge in [-0.2, -0.15) is 0 Å². The second-order valence-electron chi connectivity index (χ2n) is 6.61. The molecule has 2 saturated carbocycles. The zero-order valence-corrected chi connectivity index (χ0v) is 11.2. The van der Waals surface area contributed by atoms with Crippen LogP contribution >= 0.6 is 0 Å². The summed E-state index contributed by atoms with van der Waals surface area (Å²) in [6.07, 6.45) is 12.3. The van der Waals surface area contributed by atoms with Gasteiger partial charge in [0.15, 0.2) is 0 Å². The Morgan fingerprint density at radius 1 is 0.875 bits per heavy atom. The van der Waals surface area contributed by atoms with E-state index in [4.69, 9.17) is 5.73 Å². The molecule has 0 aliphatic heterocycles. The van der Waals surface area contributed by atoms with Crippen LogP contribution < -0.4 is 5.73 Å². The van der Waals surface area contributed by atoms with Crippen molar-refractivity contribution < 1.29 is 0 Å². The number of nitrogens with two attached hydrogens (primary N) is 1. The maximum absolute atomic E-state index is 6.74. The van der Waals surface area contributed by atoms with E-state index in [9.17, 15) is 0 Å². The Kier molecular flexibility index (Phi) is 3.94. The van der Waals surface area contributed by atoms with Crippen LogP contribution in [0.4, 0.5) is 0 Å². The maximum atomic E-state index is 6.74. The molecule has 0 aromatic carbocycles. The molecule has 0 spiro atoms. The van der Waals surface area contributed by atoms with Crippen LogP contribution in [0, 0.1) is 17.8 Å². The molecule has 2 aliphatic rings. The molecule has 0 saturated heterocycles. The van der Waals surface area contributed by atoms with E-state index in [1.165, 1.54) is 57.8 Å². The molecule has 16 heavy (non-hydrogen) atoms. The third-order valence-electron chi connectivity index (χ3n) is 5.45. The molecule has 94 valence electrons. The van der Waals surface area contributed by atoms with Crippen molar-refractivity contribution in [3.8, 4) is 0 Å². The van der Waals surface area contributed by atoms with Crippen LogP contribution in [-0.4, -0.2) is 5.54 Å². The second-order valence-corrected chi connectivity index (χ2v) is 6.61. The summed E-state index contributed by atoms with van der Waals surface area (Å²) in [7, 11) is 0. The molecule has 2 aliphatic carbocycles. The van der Waals surface area contributed by atoms with Gasteiger partial charge in [-0.05, 0) is 43.4 Å². The molecule has 0 aromatic heterocycles. The molecule has 0 aromatic rings. The molecule has 3 atom stereocenters. The first-order valence-electron chi connectivity index (χ1n) is 7.41. The van der Waals surface area contributed by atoms with Crippen LogP contribution in [0.1, 0.15) is 71.6 Å². The summed E-state index contributed by atoms with van der Waals surface area (Å²) >= 11 is 0. The van der Waals surface area contributed by atoms with Gasteiger partial charge in [0.2, 0.25) is 0 Å². The smallest absolute Gasteiger partial charge is 0.0182 e. The van der Waals surface area contributed by atoms with E-state index in [1.807, 2.05) is 0 Å². The second kappa shape index (κ2) is 5.08. The van der Waals surface area contributed by atoms with E-state index >= 15 is 0 Å². The van der Waals surface area contributed by atoms with Crippen molar-refractivity contribution in [1.82, 2.24) is 0 Å². The number of hydrogen-bond acceptors (Lipinski definition) is 1. The van der Waals surface area contributed by atoms with Gasteiger partial charge in [-0.3, -0.25) is 0 Å². The van der Waals surface area contributed by atoms with E-state index in [2.05, 4.69) is 13.8 Å². The first-order chi connectivity index (χ1) is 7.62. The molecule has 1 nitrogen and oxygen atoms in total. The van der Waals surface area contributed by atoms with E-state index in [0.717, 1.165) is 17.8 Å². The Balaban J connectivity index is 1.99. The van der Waals surface area contributed by atoms with Crippen molar-refractivity contribution in [2.75, 3.05) is 0 Å². The molecule has 0 amide bonds. The predicted octanol–water partition coefficient (Wildman–Crippen LogP) is 4.11. The monoisotopic (exact) mass is 223 g/mol. The van der Waals surface area contributed by atoms with Crippen LogP contribution in [0.25, 0.3) is 0 Å². The van der Waals surface area contributed by atoms with E-state index in [1.54, 1.807) is 0 Å². The van der Waals surface area contributed by atoms with Gasteiger partial charge < -0.3 is 5.73 Å². The SMILES string of the molecule is CC1CCC(C2(N)CCCCCC2)CC1C. The highest BCUT2D eigenvalue weighted by atomic mass is 14.8. The highest BCUT2D eigenvalue weighted by Gasteiger charge is 2.38. The van der Waals surface area contributed by atoms with E-state index in [-0.39, 0.29) is 5.54 Å². The number of hydrogen-bond donors (Lipinski definition) is 1. The normalized spacial score (nSPS) is 40.3. The third kappa shape index (κ3) is 2.61. The minimum absolute atomic E-state index is 0.199. The maximum Gasteiger partial charge on any atom is 0.0182 e. The van der Waals surface area contributed by atoms with E-state index < -0.39 is 0 Å². The fourth-order valence-electron chi connectivity index (χ4n) is 3.86. The highest BCUT2D eigenvalue weighted by Crippen LogP contribution is 2.42. The molecule has 3 unspecified atom stereocenters. The van der Waals surface area contributed by atoms with Crippen molar-refractivity contribution in [2.24, 2.45) is 23.5 Å². The van der Waals surface area contributed by atoms with Crippen molar-refractivity contribution in [3.63, 3.8) is 0 Å². The van der Waals surface area contributed by atoms with Gasteiger partial charge >= 0.3 is 0 Å². The summed E-state index contributed by atoms with van der Waals surface area (Å²) < 4.78 is 0. The predicted molar refractivity (Wildman–Crippen MR) is 70.3 cm³/mol. The summed E-state index contributed by atoms with van der Waals surface area (Å²) in [4.78, 5) is 0. The lowest BCUT2D eigenvalue weighted by Gasteiger charge is -2.43. The molecule has 0 heterocycles. The summed E-state index contributed by atoms with van der Waals surface area (Å²) in [6.45, 7) is 4.84. The minimum atomic E-state index is 0.199. The summed E-state index contributed by atoms with van der Waals surface area (Å²) in [5.74, 6) is 2.63. The quantitative estimate of drug-likeness (QED) is 0.665. The first kappa shape index (κ1) is 12.4. The Morgan fingerprint density at radius 2 is 1.50 bits per heavy atom. The van der Waals surface area contributed by atoms with Crippen molar-refractivity contribution in [1.29, 1.82) is 0 Å². The van der Waals surface area contributed by atoms with Gasteiger partial charge in [-0.25, -0.2) is 0 Å². The molecule has 2 rings (SSSR count). The highest BCUT2D eigenvalue weighted by molar-refractivity contribution is 4.95. The molecule has 2 N–H and O–H groups in total. The molecule has 0 radical (unpaired) electrons. The van der Waals surface area contributed by atoms with Crippen LogP contribution in [0.2, 0.25) is 0 Å². The summed E-state index contributed by atoms with van der Waals surface area (Å²) in [5, 5.41) is 0. The molecule has 1 heteroatoms. The Bertz CT molecular complexity index is 215. The lowest BCUT2D eigenvalue weighted by molar-refractivity contribution is 0.121. The standard InChI is InChI=1S/C15H29N/c1-12-7-8-14(11-13(12)2)15(16)9-5-3-4-6-10-15/h12-14H,3-11,16H2,1-2H3. The minimum Gasteiger partial charge on any atom is -0.325 e. The van der Waals surface area contributed by atoms with Gasteiger partial charge in [-0.15, -0.1) is 0 Å². The van der Waals surface area contributed by atoms with Gasteiger partial charge in [0, 0.05) is 5.54 Å². The van der Waals surface area contributed by atoms with Crippen LogP contribution in [0.5, 0.6) is 0 Å². The Labute approximate surface area is 101 Å². The van der Waals surface area contributed by atoms with Crippen molar-refractivity contribution in [3.05, 3.63) is 0 Å². The lowest BCUT2D eigenvalue weighted by Crippen LogP contribution is -2.49. The van der Waals surface area contributed by atoms with E-state index in [0.29, 0.717) is 0 Å².